The van der Waals surface area contributed by atoms with Crippen molar-refractivity contribution in [3.8, 4) is 0 Å². The van der Waals surface area contributed by atoms with E-state index in [0.29, 0.717) is 18.0 Å². The normalized spacial score (nSPS) is 15.3. The minimum absolute atomic E-state index is 0.434. The van der Waals surface area contributed by atoms with Crippen LogP contribution in [0.2, 0.25) is 0 Å². The highest BCUT2D eigenvalue weighted by molar-refractivity contribution is 5.28. The van der Waals surface area contributed by atoms with Crippen molar-refractivity contribution in [3.63, 3.8) is 0 Å². The Morgan fingerprint density at radius 2 is 1.60 bits per heavy atom. The second kappa shape index (κ2) is 5.32. The zero-order chi connectivity index (χ0) is 11.4. The van der Waals surface area contributed by atoms with Crippen LogP contribution in [0.25, 0.3) is 0 Å². The van der Waals surface area contributed by atoms with E-state index in [9.17, 15) is 0 Å². The molecular weight excluding hydrogens is 182 g/mol. The van der Waals surface area contributed by atoms with Crippen LogP contribution in [-0.2, 0) is 0 Å². The lowest BCUT2D eigenvalue weighted by atomic mass is 9.99. The van der Waals surface area contributed by atoms with Crippen molar-refractivity contribution in [1.29, 1.82) is 0 Å². The number of nitrogens with one attached hydrogen (secondary N) is 1. The molecule has 1 nitrogen and oxygen atoms in total. The molecule has 0 fully saturated rings. The van der Waals surface area contributed by atoms with Gasteiger partial charge < -0.3 is 5.32 Å². The fraction of sp³-hybridized carbons (Fsp3) is 0.571. The van der Waals surface area contributed by atoms with Gasteiger partial charge in [-0.15, -0.1) is 0 Å². The molecule has 0 bridgehead atoms. The van der Waals surface area contributed by atoms with Gasteiger partial charge in [-0.3, -0.25) is 0 Å². The van der Waals surface area contributed by atoms with E-state index in [1.54, 1.807) is 0 Å². The molecule has 84 valence electrons. The molecule has 1 heteroatoms. The zero-order valence-corrected chi connectivity index (χ0v) is 10.5. The van der Waals surface area contributed by atoms with E-state index in [1.807, 2.05) is 0 Å². The van der Waals surface area contributed by atoms with Crippen LogP contribution in [0.5, 0.6) is 0 Å². The molecule has 0 spiro atoms. The molecule has 0 unspecified atom stereocenters. The second-order valence-corrected chi connectivity index (χ2v) is 4.78. The lowest BCUT2D eigenvalue weighted by Crippen LogP contribution is -2.33. The molecule has 0 radical (unpaired) electrons. The standard InChI is InChI=1S/C14H23N/c1-10(2)12(4)15-13(5)14-9-7-6-8-11(14)3/h6-10,12-13,15H,1-5H3/t12-,13-/m1/s1. The molecular formula is C14H23N. The smallest absolute Gasteiger partial charge is 0.0296 e. The van der Waals surface area contributed by atoms with Gasteiger partial charge >= 0.3 is 0 Å². The van der Waals surface area contributed by atoms with E-state index in [1.165, 1.54) is 11.1 Å². The topological polar surface area (TPSA) is 12.0 Å². The van der Waals surface area contributed by atoms with Crippen molar-refractivity contribution in [1.82, 2.24) is 5.32 Å². The number of aryl methyl sites for hydroxylation is 1. The molecule has 1 aromatic rings. The summed E-state index contributed by atoms with van der Waals surface area (Å²) in [5.41, 5.74) is 2.78. The first-order valence-electron chi connectivity index (χ1n) is 5.84. The molecule has 1 aromatic carbocycles. The average Bonchev–Trinajstić information content (AvgIpc) is 2.18. The van der Waals surface area contributed by atoms with Gasteiger partial charge in [0.2, 0.25) is 0 Å². The lowest BCUT2D eigenvalue weighted by molar-refractivity contribution is 0.388. The molecule has 0 heterocycles. The van der Waals surface area contributed by atoms with Crippen LogP contribution >= 0.6 is 0 Å². The van der Waals surface area contributed by atoms with E-state index in [0.717, 1.165) is 0 Å². The number of rotatable bonds is 4. The molecule has 0 amide bonds. The maximum absolute atomic E-state index is 3.64. The summed E-state index contributed by atoms with van der Waals surface area (Å²) < 4.78 is 0. The number of hydrogen-bond donors (Lipinski definition) is 1. The highest BCUT2D eigenvalue weighted by Gasteiger charge is 2.12. The summed E-state index contributed by atoms with van der Waals surface area (Å²) in [6.45, 7) is 11.2. The van der Waals surface area contributed by atoms with E-state index < -0.39 is 0 Å². The highest BCUT2D eigenvalue weighted by atomic mass is 14.9. The van der Waals surface area contributed by atoms with Crippen molar-refractivity contribution in [3.05, 3.63) is 35.4 Å². The summed E-state index contributed by atoms with van der Waals surface area (Å²) in [5, 5.41) is 3.64. The van der Waals surface area contributed by atoms with Gasteiger partial charge in [0.05, 0.1) is 0 Å². The zero-order valence-electron chi connectivity index (χ0n) is 10.5. The van der Waals surface area contributed by atoms with Crippen molar-refractivity contribution in [2.75, 3.05) is 0 Å². The maximum Gasteiger partial charge on any atom is 0.0296 e. The van der Waals surface area contributed by atoms with Crippen molar-refractivity contribution < 1.29 is 0 Å². The first-order valence-corrected chi connectivity index (χ1v) is 5.84. The fourth-order valence-electron chi connectivity index (χ4n) is 1.75. The molecule has 0 aromatic heterocycles. The maximum atomic E-state index is 3.64. The Morgan fingerprint density at radius 1 is 1.00 bits per heavy atom. The predicted octanol–water partition coefficient (Wildman–Crippen LogP) is 3.69. The lowest BCUT2D eigenvalue weighted by Gasteiger charge is -2.24. The van der Waals surface area contributed by atoms with Crippen LogP contribution in [0.3, 0.4) is 0 Å². The Bertz CT molecular complexity index is 304. The summed E-state index contributed by atoms with van der Waals surface area (Å²) >= 11 is 0. The Balaban J connectivity index is 2.69. The van der Waals surface area contributed by atoms with Crippen LogP contribution < -0.4 is 5.32 Å². The third-order valence-corrected chi connectivity index (χ3v) is 3.17. The third-order valence-electron chi connectivity index (χ3n) is 3.17. The Kier molecular flexibility index (Phi) is 4.34. The van der Waals surface area contributed by atoms with Crippen molar-refractivity contribution in [2.45, 2.75) is 46.7 Å². The van der Waals surface area contributed by atoms with Crippen LogP contribution in [0.1, 0.15) is 44.9 Å². The molecule has 0 aliphatic heterocycles. The summed E-state index contributed by atoms with van der Waals surface area (Å²) in [7, 11) is 0. The van der Waals surface area contributed by atoms with Crippen LogP contribution in [-0.4, -0.2) is 6.04 Å². The van der Waals surface area contributed by atoms with Gasteiger partial charge in [-0.05, 0) is 37.8 Å². The van der Waals surface area contributed by atoms with Gasteiger partial charge in [-0.1, -0.05) is 38.1 Å². The molecule has 0 saturated carbocycles. The van der Waals surface area contributed by atoms with Gasteiger partial charge in [0.15, 0.2) is 0 Å². The summed E-state index contributed by atoms with van der Waals surface area (Å²) in [6.07, 6.45) is 0. The van der Waals surface area contributed by atoms with Gasteiger partial charge in [-0.2, -0.15) is 0 Å². The SMILES string of the molecule is Cc1ccccc1[C@@H](C)N[C@H](C)C(C)C. The monoisotopic (exact) mass is 205 g/mol. The Morgan fingerprint density at radius 3 is 2.13 bits per heavy atom. The van der Waals surface area contributed by atoms with Gasteiger partial charge in [-0.25, -0.2) is 0 Å². The van der Waals surface area contributed by atoms with Crippen molar-refractivity contribution >= 4 is 0 Å². The minimum Gasteiger partial charge on any atom is -0.307 e. The largest absolute Gasteiger partial charge is 0.307 e. The molecule has 0 aliphatic rings. The van der Waals surface area contributed by atoms with Gasteiger partial charge in [0.25, 0.3) is 0 Å². The fourth-order valence-corrected chi connectivity index (χ4v) is 1.75. The third kappa shape index (κ3) is 3.35. The van der Waals surface area contributed by atoms with E-state index in [4.69, 9.17) is 0 Å². The molecule has 1 rings (SSSR count). The molecule has 0 aliphatic carbocycles. The predicted molar refractivity (Wildman–Crippen MR) is 67.0 cm³/mol. The minimum atomic E-state index is 0.434. The number of benzene rings is 1. The second-order valence-electron chi connectivity index (χ2n) is 4.78. The summed E-state index contributed by atoms with van der Waals surface area (Å²) in [5.74, 6) is 0.677. The first-order chi connectivity index (χ1) is 7.02. The number of hydrogen-bond acceptors (Lipinski definition) is 1. The van der Waals surface area contributed by atoms with E-state index in [-0.39, 0.29) is 0 Å². The quantitative estimate of drug-likeness (QED) is 0.790. The summed E-state index contributed by atoms with van der Waals surface area (Å²) in [4.78, 5) is 0. The summed E-state index contributed by atoms with van der Waals surface area (Å²) in [6, 6.07) is 9.58. The molecule has 1 N–H and O–H groups in total. The van der Waals surface area contributed by atoms with Crippen LogP contribution in [0.15, 0.2) is 24.3 Å². The highest BCUT2D eigenvalue weighted by Crippen LogP contribution is 2.18. The van der Waals surface area contributed by atoms with E-state index >= 15 is 0 Å². The van der Waals surface area contributed by atoms with Gasteiger partial charge in [0, 0.05) is 12.1 Å². The van der Waals surface area contributed by atoms with E-state index in [2.05, 4.69) is 64.2 Å². The molecule has 0 saturated heterocycles. The Hall–Kier alpha value is -0.820. The first kappa shape index (κ1) is 12.3. The van der Waals surface area contributed by atoms with Crippen LogP contribution in [0.4, 0.5) is 0 Å². The average molecular weight is 205 g/mol. The van der Waals surface area contributed by atoms with Crippen molar-refractivity contribution in [2.24, 2.45) is 5.92 Å². The molecule has 15 heavy (non-hydrogen) atoms. The Labute approximate surface area is 93.9 Å². The van der Waals surface area contributed by atoms with Gasteiger partial charge in [0.1, 0.15) is 0 Å². The van der Waals surface area contributed by atoms with Crippen LogP contribution in [0, 0.1) is 12.8 Å². The molecule has 2 atom stereocenters.